The number of amides is 1. The number of benzene rings is 1. The van der Waals surface area contributed by atoms with Crippen molar-refractivity contribution in [1.82, 2.24) is 9.80 Å². The number of carbonyl (C=O) groups is 1. The van der Waals surface area contributed by atoms with Crippen LogP contribution < -0.4 is 4.74 Å². The van der Waals surface area contributed by atoms with Crippen molar-refractivity contribution in [2.24, 2.45) is 11.8 Å². The Labute approximate surface area is 177 Å². The highest BCUT2D eigenvalue weighted by molar-refractivity contribution is 5.91. The third-order valence-electron chi connectivity index (χ3n) is 6.27. The van der Waals surface area contributed by atoms with Crippen molar-refractivity contribution in [1.29, 1.82) is 0 Å². The van der Waals surface area contributed by atoms with E-state index >= 15 is 0 Å². The normalized spacial score (nSPS) is 21.0. The Bertz CT molecular complexity index is 827. The molecular formula is C24H31FN2O3. The van der Waals surface area contributed by atoms with Crippen LogP contribution in [0.15, 0.2) is 40.8 Å². The molecule has 4 rings (SSSR count). The molecule has 3 heterocycles. The zero-order chi connectivity index (χ0) is 20.9. The van der Waals surface area contributed by atoms with Gasteiger partial charge in [-0.3, -0.25) is 4.79 Å². The van der Waals surface area contributed by atoms with Crippen LogP contribution in [0.5, 0.6) is 5.75 Å². The number of nitrogens with zero attached hydrogens (tertiary/aromatic N) is 2. The van der Waals surface area contributed by atoms with Gasteiger partial charge in [-0.1, -0.05) is 6.92 Å². The number of carbonyl (C=O) groups excluding carboxylic acids is 1. The minimum Gasteiger partial charge on any atom is -0.486 e. The maximum Gasteiger partial charge on any atom is 0.289 e. The summed E-state index contributed by atoms with van der Waals surface area (Å²) in [6, 6.07) is 9.34. The third-order valence-corrected chi connectivity index (χ3v) is 6.27. The number of hydrogen-bond donors (Lipinski definition) is 0. The largest absolute Gasteiger partial charge is 0.486 e. The lowest BCUT2D eigenvalue weighted by atomic mass is 9.94. The van der Waals surface area contributed by atoms with Crippen molar-refractivity contribution < 1.29 is 18.3 Å². The van der Waals surface area contributed by atoms with E-state index in [1.807, 2.05) is 4.90 Å². The average Bonchev–Trinajstić information content (AvgIpc) is 3.24. The topological polar surface area (TPSA) is 45.9 Å². The van der Waals surface area contributed by atoms with Crippen molar-refractivity contribution in [3.63, 3.8) is 0 Å². The molecule has 0 saturated carbocycles. The first-order valence-corrected chi connectivity index (χ1v) is 11.1. The van der Waals surface area contributed by atoms with Gasteiger partial charge in [0.1, 0.15) is 23.9 Å². The highest BCUT2D eigenvalue weighted by atomic mass is 19.1. The summed E-state index contributed by atoms with van der Waals surface area (Å²) in [5.74, 6) is 2.53. The number of likely N-dealkylation sites (tertiary alicyclic amines) is 2. The van der Waals surface area contributed by atoms with Crippen LogP contribution in [0.4, 0.5) is 4.39 Å². The smallest absolute Gasteiger partial charge is 0.289 e. The quantitative estimate of drug-likeness (QED) is 0.694. The molecule has 6 heteroatoms. The second-order valence-electron chi connectivity index (χ2n) is 8.75. The van der Waals surface area contributed by atoms with Crippen LogP contribution in [-0.2, 0) is 6.61 Å². The van der Waals surface area contributed by atoms with E-state index in [1.165, 1.54) is 44.5 Å². The zero-order valence-corrected chi connectivity index (χ0v) is 17.7. The van der Waals surface area contributed by atoms with Gasteiger partial charge in [0.2, 0.25) is 0 Å². The van der Waals surface area contributed by atoms with E-state index in [0.717, 1.165) is 32.0 Å². The van der Waals surface area contributed by atoms with Crippen LogP contribution in [0.1, 0.15) is 48.9 Å². The molecular weight excluding hydrogens is 383 g/mol. The Balaban J connectivity index is 1.28. The number of furan rings is 1. The van der Waals surface area contributed by atoms with Crippen molar-refractivity contribution in [2.75, 3.05) is 32.7 Å². The SMILES string of the molecule is CC1CCN(CC2CCCN(C(=O)c3ccc(COc4ccc(F)cc4)o3)C2)CC1. The van der Waals surface area contributed by atoms with Gasteiger partial charge >= 0.3 is 0 Å². The van der Waals surface area contributed by atoms with Crippen molar-refractivity contribution in [3.05, 3.63) is 53.7 Å². The highest BCUT2D eigenvalue weighted by Crippen LogP contribution is 2.23. The average molecular weight is 415 g/mol. The Kier molecular flexibility index (Phi) is 6.72. The number of ether oxygens (including phenoxy) is 1. The first-order valence-electron chi connectivity index (χ1n) is 11.1. The van der Waals surface area contributed by atoms with E-state index < -0.39 is 0 Å². The summed E-state index contributed by atoms with van der Waals surface area (Å²) in [5, 5.41) is 0. The van der Waals surface area contributed by atoms with Crippen LogP contribution in [0.2, 0.25) is 0 Å². The van der Waals surface area contributed by atoms with Gasteiger partial charge in [-0.05, 0) is 87.0 Å². The summed E-state index contributed by atoms with van der Waals surface area (Å²) in [4.78, 5) is 17.4. The lowest BCUT2D eigenvalue weighted by Gasteiger charge is -2.37. The Hall–Kier alpha value is -2.34. The second kappa shape index (κ2) is 9.65. The number of hydrogen-bond acceptors (Lipinski definition) is 4. The molecule has 1 aromatic heterocycles. The molecule has 0 spiro atoms. The molecule has 1 aromatic carbocycles. The van der Waals surface area contributed by atoms with E-state index in [1.54, 1.807) is 24.3 Å². The summed E-state index contributed by atoms with van der Waals surface area (Å²) < 4.78 is 24.3. The predicted molar refractivity (Wildman–Crippen MR) is 113 cm³/mol. The molecule has 2 aliphatic heterocycles. The van der Waals surface area contributed by atoms with E-state index in [2.05, 4.69) is 11.8 Å². The molecule has 2 saturated heterocycles. The molecule has 0 N–H and O–H groups in total. The molecule has 5 nitrogen and oxygen atoms in total. The first-order chi connectivity index (χ1) is 14.6. The summed E-state index contributed by atoms with van der Waals surface area (Å²) in [6.45, 7) is 7.57. The van der Waals surface area contributed by atoms with Crippen LogP contribution in [0.25, 0.3) is 0 Å². The van der Waals surface area contributed by atoms with Gasteiger partial charge in [0.15, 0.2) is 5.76 Å². The highest BCUT2D eigenvalue weighted by Gasteiger charge is 2.28. The van der Waals surface area contributed by atoms with E-state index in [0.29, 0.717) is 23.2 Å². The fourth-order valence-corrected chi connectivity index (χ4v) is 4.42. The Morgan fingerprint density at radius 3 is 2.63 bits per heavy atom. The minimum atomic E-state index is -0.303. The number of piperidine rings is 2. The molecule has 1 unspecified atom stereocenters. The molecule has 162 valence electrons. The summed E-state index contributed by atoms with van der Waals surface area (Å²) >= 11 is 0. The Morgan fingerprint density at radius 2 is 1.87 bits per heavy atom. The van der Waals surface area contributed by atoms with E-state index in [4.69, 9.17) is 9.15 Å². The summed E-state index contributed by atoms with van der Waals surface area (Å²) in [7, 11) is 0. The van der Waals surface area contributed by atoms with Crippen molar-refractivity contribution in [3.8, 4) is 5.75 Å². The van der Waals surface area contributed by atoms with Crippen LogP contribution >= 0.6 is 0 Å². The van der Waals surface area contributed by atoms with Gasteiger partial charge < -0.3 is 19.0 Å². The molecule has 0 bridgehead atoms. The summed E-state index contributed by atoms with van der Waals surface area (Å²) in [6.07, 6.45) is 4.79. The molecule has 2 aliphatic rings. The first kappa shape index (κ1) is 20.9. The number of rotatable bonds is 6. The van der Waals surface area contributed by atoms with Crippen LogP contribution in [0, 0.1) is 17.7 Å². The Morgan fingerprint density at radius 1 is 1.10 bits per heavy atom. The molecule has 0 radical (unpaired) electrons. The van der Waals surface area contributed by atoms with Gasteiger partial charge in [0.05, 0.1) is 0 Å². The fourth-order valence-electron chi connectivity index (χ4n) is 4.42. The molecule has 30 heavy (non-hydrogen) atoms. The lowest BCUT2D eigenvalue weighted by molar-refractivity contribution is 0.0588. The second-order valence-corrected chi connectivity index (χ2v) is 8.75. The monoisotopic (exact) mass is 414 g/mol. The number of halogens is 1. The van der Waals surface area contributed by atoms with Gasteiger partial charge in [0.25, 0.3) is 5.91 Å². The molecule has 1 atom stereocenters. The zero-order valence-electron chi connectivity index (χ0n) is 17.7. The van der Waals surface area contributed by atoms with Gasteiger partial charge in [-0.15, -0.1) is 0 Å². The molecule has 0 aliphatic carbocycles. The fraction of sp³-hybridized carbons (Fsp3) is 0.542. The molecule has 2 aromatic rings. The molecule has 2 fully saturated rings. The van der Waals surface area contributed by atoms with E-state index in [9.17, 15) is 9.18 Å². The minimum absolute atomic E-state index is 0.0417. The standard InChI is InChI=1S/C24H31FN2O3/c1-18-10-13-26(14-11-18)15-19-3-2-12-27(16-19)24(28)23-9-8-22(30-23)17-29-21-6-4-20(25)5-7-21/h4-9,18-19H,2-3,10-17H2,1H3. The van der Waals surface area contributed by atoms with Crippen LogP contribution in [-0.4, -0.2) is 48.4 Å². The van der Waals surface area contributed by atoms with E-state index in [-0.39, 0.29) is 18.3 Å². The van der Waals surface area contributed by atoms with Gasteiger partial charge in [0, 0.05) is 19.6 Å². The van der Waals surface area contributed by atoms with Gasteiger partial charge in [-0.25, -0.2) is 4.39 Å². The summed E-state index contributed by atoms with van der Waals surface area (Å²) in [5.41, 5.74) is 0. The maximum atomic E-state index is 13.0. The predicted octanol–water partition coefficient (Wildman–Crippen LogP) is 4.58. The van der Waals surface area contributed by atoms with Crippen LogP contribution in [0.3, 0.4) is 0 Å². The lowest BCUT2D eigenvalue weighted by Crippen LogP contribution is -2.45. The third kappa shape index (κ3) is 5.42. The van der Waals surface area contributed by atoms with Crippen molar-refractivity contribution >= 4 is 5.91 Å². The maximum absolute atomic E-state index is 13.0. The van der Waals surface area contributed by atoms with Crippen molar-refractivity contribution in [2.45, 2.75) is 39.2 Å². The van der Waals surface area contributed by atoms with Gasteiger partial charge in [-0.2, -0.15) is 0 Å². The molecule has 1 amide bonds.